The molecular weight excluding hydrogens is 325 g/mol. The summed E-state index contributed by atoms with van der Waals surface area (Å²) >= 11 is 5.91. The summed E-state index contributed by atoms with van der Waals surface area (Å²) in [5, 5.41) is 9.30. The van der Waals surface area contributed by atoms with Gasteiger partial charge in [0.25, 0.3) is 0 Å². The van der Waals surface area contributed by atoms with Crippen molar-refractivity contribution in [1.82, 2.24) is 5.32 Å². The first-order chi connectivity index (χ1) is 10.0. The highest BCUT2D eigenvalue weighted by atomic mass is 35.5. The summed E-state index contributed by atoms with van der Waals surface area (Å²) in [5.74, 6) is 0.330. The predicted octanol–water partition coefficient (Wildman–Crippen LogP) is 3.05. The molecule has 7 heteroatoms. The van der Waals surface area contributed by atoms with E-state index in [1.54, 1.807) is 18.2 Å². The summed E-state index contributed by atoms with van der Waals surface area (Å²) in [7, 11) is 0. The molecule has 2 amide bonds. The largest absolute Gasteiger partial charge is 0.324 e. The Labute approximate surface area is 141 Å². The number of benzene rings is 1. The number of nitrogens with one attached hydrogen (secondary N) is 3. The molecule has 0 bridgehead atoms. The first-order valence-electron chi connectivity index (χ1n) is 7.12. The van der Waals surface area contributed by atoms with Crippen molar-refractivity contribution < 1.29 is 9.59 Å². The fourth-order valence-electron chi connectivity index (χ4n) is 2.43. The van der Waals surface area contributed by atoms with Crippen molar-refractivity contribution >= 4 is 47.2 Å². The average Bonchev–Trinajstić information content (AvgIpc) is 2.92. The molecule has 1 unspecified atom stereocenters. The Bertz CT molecular complexity index is 532. The van der Waals surface area contributed by atoms with Crippen LogP contribution in [0.4, 0.5) is 11.4 Å². The lowest BCUT2D eigenvalue weighted by Crippen LogP contribution is -2.16. The second kappa shape index (κ2) is 8.98. The lowest BCUT2D eigenvalue weighted by molar-refractivity contribution is -0.116. The van der Waals surface area contributed by atoms with Crippen LogP contribution in [0.15, 0.2) is 18.2 Å². The molecular formula is C15H21Cl2N3O2. The number of anilines is 2. The number of rotatable bonds is 5. The second-order valence-corrected chi connectivity index (χ2v) is 5.75. The van der Waals surface area contributed by atoms with E-state index in [0.29, 0.717) is 28.7 Å². The maximum absolute atomic E-state index is 12.0. The molecule has 0 aliphatic carbocycles. The van der Waals surface area contributed by atoms with E-state index in [9.17, 15) is 9.59 Å². The summed E-state index contributed by atoms with van der Waals surface area (Å²) in [6.45, 7) is 3.45. The zero-order valence-corrected chi connectivity index (χ0v) is 14.0. The SMILES string of the molecule is CC(=O)Nc1cc(Cl)ccc1NC(=O)CCC1CCNC1.Cl. The molecule has 1 atom stereocenters. The number of carbonyl (C=O) groups excluding carboxylic acids is 2. The molecule has 0 aromatic heterocycles. The topological polar surface area (TPSA) is 70.2 Å². The highest BCUT2D eigenvalue weighted by Gasteiger charge is 2.16. The van der Waals surface area contributed by atoms with Crippen LogP contribution in [0.25, 0.3) is 0 Å². The molecule has 22 heavy (non-hydrogen) atoms. The summed E-state index contributed by atoms with van der Waals surface area (Å²) in [4.78, 5) is 23.2. The second-order valence-electron chi connectivity index (χ2n) is 5.32. The van der Waals surface area contributed by atoms with Gasteiger partial charge in [0.1, 0.15) is 0 Å². The van der Waals surface area contributed by atoms with Crippen molar-refractivity contribution in [3.05, 3.63) is 23.2 Å². The van der Waals surface area contributed by atoms with E-state index in [1.807, 2.05) is 0 Å². The third kappa shape index (κ3) is 5.83. The summed E-state index contributed by atoms with van der Waals surface area (Å²) < 4.78 is 0. The van der Waals surface area contributed by atoms with Gasteiger partial charge in [-0.3, -0.25) is 9.59 Å². The minimum Gasteiger partial charge on any atom is -0.324 e. The molecule has 1 fully saturated rings. The van der Waals surface area contributed by atoms with Crippen LogP contribution < -0.4 is 16.0 Å². The summed E-state index contributed by atoms with van der Waals surface area (Å²) in [6, 6.07) is 5.01. The molecule has 3 N–H and O–H groups in total. The van der Waals surface area contributed by atoms with Crippen LogP contribution in [-0.2, 0) is 9.59 Å². The highest BCUT2D eigenvalue weighted by molar-refractivity contribution is 6.31. The van der Waals surface area contributed by atoms with Gasteiger partial charge in [-0.2, -0.15) is 0 Å². The van der Waals surface area contributed by atoms with Gasteiger partial charge in [0.05, 0.1) is 11.4 Å². The fraction of sp³-hybridized carbons (Fsp3) is 0.467. The van der Waals surface area contributed by atoms with E-state index in [1.165, 1.54) is 6.92 Å². The number of hydrogen-bond donors (Lipinski definition) is 3. The molecule has 2 rings (SSSR count). The molecule has 1 aliphatic rings. The van der Waals surface area contributed by atoms with Gasteiger partial charge >= 0.3 is 0 Å². The lowest BCUT2D eigenvalue weighted by atomic mass is 10.0. The third-order valence-corrected chi connectivity index (χ3v) is 3.74. The Morgan fingerprint density at radius 2 is 2.09 bits per heavy atom. The molecule has 122 valence electrons. The Kier molecular flexibility index (Phi) is 7.65. The Morgan fingerprint density at radius 3 is 2.73 bits per heavy atom. The number of halogens is 2. The van der Waals surface area contributed by atoms with Crippen LogP contribution in [0.5, 0.6) is 0 Å². The molecule has 0 spiro atoms. The van der Waals surface area contributed by atoms with Gasteiger partial charge in [0.2, 0.25) is 11.8 Å². The molecule has 1 aliphatic heterocycles. The molecule has 1 aromatic carbocycles. The van der Waals surface area contributed by atoms with E-state index in [0.717, 1.165) is 25.9 Å². The lowest BCUT2D eigenvalue weighted by Gasteiger charge is -2.13. The normalized spacial score (nSPS) is 16.7. The maximum Gasteiger partial charge on any atom is 0.224 e. The van der Waals surface area contributed by atoms with Gasteiger partial charge in [-0.15, -0.1) is 12.4 Å². The van der Waals surface area contributed by atoms with E-state index in [-0.39, 0.29) is 24.2 Å². The van der Waals surface area contributed by atoms with Gasteiger partial charge in [0.15, 0.2) is 0 Å². The van der Waals surface area contributed by atoms with Crippen molar-refractivity contribution in [3.63, 3.8) is 0 Å². The van der Waals surface area contributed by atoms with Gasteiger partial charge in [-0.05, 0) is 50.0 Å². The summed E-state index contributed by atoms with van der Waals surface area (Å²) in [5.41, 5.74) is 1.09. The van der Waals surface area contributed by atoms with E-state index >= 15 is 0 Å². The zero-order valence-electron chi connectivity index (χ0n) is 12.4. The monoisotopic (exact) mass is 345 g/mol. The predicted molar refractivity (Wildman–Crippen MR) is 91.8 cm³/mol. The molecule has 1 heterocycles. The molecule has 0 radical (unpaired) electrons. The van der Waals surface area contributed by atoms with Gasteiger partial charge in [-0.25, -0.2) is 0 Å². The van der Waals surface area contributed by atoms with Crippen LogP contribution in [0, 0.1) is 5.92 Å². The molecule has 5 nitrogen and oxygen atoms in total. The summed E-state index contributed by atoms with van der Waals surface area (Å²) in [6.07, 6.45) is 2.49. The van der Waals surface area contributed by atoms with Gasteiger partial charge < -0.3 is 16.0 Å². The first-order valence-corrected chi connectivity index (χ1v) is 7.50. The smallest absolute Gasteiger partial charge is 0.224 e. The van der Waals surface area contributed by atoms with Crippen molar-refractivity contribution in [2.75, 3.05) is 23.7 Å². The Morgan fingerprint density at radius 1 is 1.32 bits per heavy atom. The molecule has 1 aromatic rings. The van der Waals surface area contributed by atoms with E-state index < -0.39 is 0 Å². The minimum atomic E-state index is -0.204. The molecule has 0 saturated carbocycles. The number of hydrogen-bond acceptors (Lipinski definition) is 3. The number of amides is 2. The Balaban J connectivity index is 0.00000242. The third-order valence-electron chi connectivity index (χ3n) is 3.51. The first kappa shape index (κ1) is 18.7. The standard InChI is InChI=1S/C15H20ClN3O2.ClH/c1-10(20)18-14-8-12(16)3-4-13(14)19-15(21)5-2-11-6-7-17-9-11;/h3-4,8,11,17H,2,5-7,9H2,1H3,(H,18,20)(H,19,21);1H. The zero-order chi connectivity index (χ0) is 15.2. The van der Waals surface area contributed by atoms with Crippen LogP contribution >= 0.6 is 24.0 Å². The van der Waals surface area contributed by atoms with Crippen molar-refractivity contribution in [2.24, 2.45) is 5.92 Å². The van der Waals surface area contributed by atoms with Crippen molar-refractivity contribution in [3.8, 4) is 0 Å². The van der Waals surface area contributed by atoms with Crippen LogP contribution in [-0.4, -0.2) is 24.9 Å². The van der Waals surface area contributed by atoms with Gasteiger partial charge in [-0.1, -0.05) is 11.6 Å². The van der Waals surface area contributed by atoms with E-state index in [4.69, 9.17) is 11.6 Å². The highest BCUT2D eigenvalue weighted by Crippen LogP contribution is 2.26. The number of carbonyl (C=O) groups is 2. The van der Waals surface area contributed by atoms with Crippen LogP contribution in [0.2, 0.25) is 5.02 Å². The van der Waals surface area contributed by atoms with Crippen LogP contribution in [0.3, 0.4) is 0 Å². The molecule has 1 saturated heterocycles. The average molecular weight is 346 g/mol. The maximum atomic E-state index is 12.0. The van der Waals surface area contributed by atoms with Crippen molar-refractivity contribution in [1.29, 1.82) is 0 Å². The van der Waals surface area contributed by atoms with E-state index in [2.05, 4.69) is 16.0 Å². The van der Waals surface area contributed by atoms with Crippen molar-refractivity contribution in [2.45, 2.75) is 26.2 Å². The van der Waals surface area contributed by atoms with Crippen LogP contribution in [0.1, 0.15) is 26.2 Å². The minimum absolute atomic E-state index is 0. The fourth-order valence-corrected chi connectivity index (χ4v) is 2.60. The Hall–Kier alpha value is -1.30. The van der Waals surface area contributed by atoms with Gasteiger partial charge in [0, 0.05) is 18.4 Å². The quantitative estimate of drug-likeness (QED) is 0.767.